The molecule has 0 unspecified atom stereocenters. The number of Topliss-reactive ketones (excluding diaryl/α,β-unsaturated/α-hetero) is 1. The Hall–Kier alpha value is -3.17. The summed E-state index contributed by atoms with van der Waals surface area (Å²) in [7, 11) is -2.34. The van der Waals surface area contributed by atoms with Gasteiger partial charge >= 0.3 is 5.97 Å². The van der Waals surface area contributed by atoms with Gasteiger partial charge in [-0.05, 0) is 48.7 Å². The molecule has 0 bridgehead atoms. The van der Waals surface area contributed by atoms with Crippen molar-refractivity contribution in [2.75, 3.05) is 11.8 Å². The van der Waals surface area contributed by atoms with Crippen LogP contribution in [0.3, 0.4) is 0 Å². The van der Waals surface area contributed by atoms with Crippen molar-refractivity contribution in [1.29, 1.82) is 0 Å². The standard InChI is InChI=1S/C21H19NO6S2/c1-14(23)15-9-10-19(27-2)16(12-15)13-28-21(24)17-6-3-4-7-18(17)22-30(25,26)20-8-5-11-29-20/h3-12,22H,13H2,1-2H3. The van der Waals surface area contributed by atoms with Crippen LogP contribution in [0.1, 0.15) is 33.2 Å². The molecule has 3 rings (SSSR count). The van der Waals surface area contributed by atoms with Crippen LogP contribution < -0.4 is 9.46 Å². The number of nitrogens with one attached hydrogen (secondary N) is 1. The average molecular weight is 446 g/mol. The molecular formula is C21H19NO6S2. The minimum absolute atomic E-state index is 0.0688. The van der Waals surface area contributed by atoms with Gasteiger partial charge in [-0.15, -0.1) is 11.3 Å². The summed E-state index contributed by atoms with van der Waals surface area (Å²) in [5.74, 6) is -0.368. The number of hydrogen-bond acceptors (Lipinski definition) is 7. The lowest BCUT2D eigenvalue weighted by Gasteiger charge is -2.13. The topological polar surface area (TPSA) is 98.8 Å². The lowest BCUT2D eigenvalue weighted by Crippen LogP contribution is -2.15. The molecule has 156 valence electrons. The number of rotatable bonds is 8. The predicted molar refractivity (Wildman–Crippen MR) is 114 cm³/mol. The second-order valence-electron chi connectivity index (χ2n) is 6.24. The molecule has 2 aromatic carbocycles. The van der Waals surface area contributed by atoms with Gasteiger partial charge in [-0.3, -0.25) is 9.52 Å². The lowest BCUT2D eigenvalue weighted by atomic mass is 10.1. The SMILES string of the molecule is COc1ccc(C(C)=O)cc1COC(=O)c1ccccc1NS(=O)(=O)c1cccs1. The van der Waals surface area contributed by atoms with Crippen LogP contribution in [0.25, 0.3) is 0 Å². The first kappa shape index (κ1) is 21.5. The van der Waals surface area contributed by atoms with E-state index in [1.165, 1.54) is 32.2 Å². The molecule has 0 amide bonds. The molecule has 0 aliphatic carbocycles. The Morgan fingerprint density at radius 1 is 1.07 bits per heavy atom. The van der Waals surface area contributed by atoms with E-state index in [0.29, 0.717) is 16.9 Å². The number of thiophene rings is 1. The summed E-state index contributed by atoms with van der Waals surface area (Å²) < 4.78 is 38.2. The third-order valence-electron chi connectivity index (χ3n) is 4.20. The maximum atomic E-state index is 12.7. The number of ketones is 1. The summed E-state index contributed by atoms with van der Waals surface area (Å²) in [4.78, 5) is 24.3. The Bertz CT molecular complexity index is 1170. The Balaban J connectivity index is 1.81. The maximum Gasteiger partial charge on any atom is 0.340 e. The van der Waals surface area contributed by atoms with Gasteiger partial charge in [-0.25, -0.2) is 13.2 Å². The van der Waals surface area contributed by atoms with Crippen LogP contribution in [0.2, 0.25) is 0 Å². The third kappa shape index (κ3) is 4.87. The minimum atomic E-state index is -3.82. The molecule has 1 aromatic heterocycles. The van der Waals surface area contributed by atoms with Crippen LogP contribution in [-0.2, 0) is 21.4 Å². The number of para-hydroxylation sites is 1. The Labute approximate surface area is 178 Å². The zero-order valence-electron chi connectivity index (χ0n) is 16.2. The van der Waals surface area contributed by atoms with Gasteiger partial charge in [0.25, 0.3) is 10.0 Å². The van der Waals surface area contributed by atoms with E-state index in [1.54, 1.807) is 41.8 Å². The summed E-state index contributed by atoms with van der Waals surface area (Å²) in [6, 6.07) is 14.1. The lowest BCUT2D eigenvalue weighted by molar-refractivity contribution is 0.0471. The second kappa shape index (κ2) is 9.10. The van der Waals surface area contributed by atoms with E-state index in [-0.39, 0.29) is 27.9 Å². The number of sulfonamides is 1. The fraction of sp³-hybridized carbons (Fsp3) is 0.143. The molecule has 0 atom stereocenters. The smallest absolute Gasteiger partial charge is 0.340 e. The van der Waals surface area contributed by atoms with Gasteiger partial charge < -0.3 is 9.47 Å². The molecule has 0 spiro atoms. The summed E-state index contributed by atoms with van der Waals surface area (Å²) >= 11 is 1.07. The van der Waals surface area contributed by atoms with Crippen molar-refractivity contribution in [1.82, 2.24) is 0 Å². The molecule has 1 heterocycles. The largest absolute Gasteiger partial charge is 0.496 e. The monoisotopic (exact) mass is 445 g/mol. The molecule has 9 heteroatoms. The fourth-order valence-corrected chi connectivity index (χ4v) is 4.77. The third-order valence-corrected chi connectivity index (χ3v) is 6.96. The normalized spacial score (nSPS) is 11.0. The van der Waals surface area contributed by atoms with Crippen molar-refractivity contribution >= 4 is 38.8 Å². The molecule has 0 aliphatic heterocycles. The number of benzene rings is 2. The molecule has 0 saturated carbocycles. The quantitative estimate of drug-likeness (QED) is 0.414. The summed E-state index contributed by atoms with van der Waals surface area (Å²) in [6.45, 7) is 1.29. The van der Waals surface area contributed by atoms with E-state index in [0.717, 1.165) is 11.3 Å². The van der Waals surface area contributed by atoms with Crippen molar-refractivity contribution in [3.63, 3.8) is 0 Å². The number of carbonyl (C=O) groups excluding carboxylic acids is 2. The van der Waals surface area contributed by atoms with E-state index >= 15 is 0 Å². The molecule has 7 nitrogen and oxygen atoms in total. The van der Waals surface area contributed by atoms with Gasteiger partial charge in [-0.2, -0.15) is 0 Å². The highest BCUT2D eigenvalue weighted by molar-refractivity contribution is 7.94. The van der Waals surface area contributed by atoms with E-state index in [1.807, 2.05) is 0 Å². The van der Waals surface area contributed by atoms with Crippen molar-refractivity contribution in [3.8, 4) is 5.75 Å². The maximum absolute atomic E-state index is 12.7. The first-order valence-corrected chi connectivity index (χ1v) is 11.2. The summed E-state index contributed by atoms with van der Waals surface area (Å²) in [5.41, 5.74) is 1.17. The number of ether oxygens (including phenoxy) is 2. The van der Waals surface area contributed by atoms with Gasteiger partial charge in [0, 0.05) is 11.1 Å². The number of anilines is 1. The molecule has 3 aromatic rings. The van der Waals surface area contributed by atoms with Gasteiger partial charge in [0.05, 0.1) is 18.4 Å². The first-order valence-electron chi connectivity index (χ1n) is 8.82. The van der Waals surface area contributed by atoms with Crippen molar-refractivity contribution in [3.05, 3.63) is 76.7 Å². The van der Waals surface area contributed by atoms with Crippen LogP contribution in [0.15, 0.2) is 64.2 Å². The average Bonchev–Trinajstić information content (AvgIpc) is 3.28. The fourth-order valence-electron chi connectivity index (χ4n) is 2.69. The van der Waals surface area contributed by atoms with Gasteiger partial charge in [-0.1, -0.05) is 18.2 Å². The molecule has 0 aliphatic rings. The second-order valence-corrected chi connectivity index (χ2v) is 9.10. The Kier molecular flexibility index (Phi) is 6.53. The van der Waals surface area contributed by atoms with E-state index in [9.17, 15) is 18.0 Å². The minimum Gasteiger partial charge on any atom is -0.496 e. The van der Waals surface area contributed by atoms with Crippen LogP contribution >= 0.6 is 11.3 Å². The number of hydrogen-bond donors (Lipinski definition) is 1. The van der Waals surface area contributed by atoms with Crippen molar-refractivity contribution in [2.24, 2.45) is 0 Å². The Morgan fingerprint density at radius 3 is 2.50 bits per heavy atom. The molecular weight excluding hydrogens is 426 g/mol. The zero-order chi connectivity index (χ0) is 21.7. The molecule has 0 radical (unpaired) electrons. The summed E-state index contributed by atoms with van der Waals surface area (Å²) in [5, 5.41) is 1.65. The highest BCUT2D eigenvalue weighted by Crippen LogP contribution is 2.25. The Morgan fingerprint density at radius 2 is 1.83 bits per heavy atom. The highest BCUT2D eigenvalue weighted by Gasteiger charge is 2.20. The van der Waals surface area contributed by atoms with E-state index in [4.69, 9.17) is 9.47 Å². The highest BCUT2D eigenvalue weighted by atomic mass is 32.2. The molecule has 30 heavy (non-hydrogen) atoms. The van der Waals surface area contributed by atoms with Crippen molar-refractivity contribution in [2.45, 2.75) is 17.7 Å². The number of carbonyl (C=O) groups is 2. The van der Waals surface area contributed by atoms with Crippen LogP contribution in [0, 0.1) is 0 Å². The number of methoxy groups -OCH3 is 1. The molecule has 0 saturated heterocycles. The van der Waals surface area contributed by atoms with Gasteiger partial charge in [0.1, 0.15) is 16.6 Å². The van der Waals surface area contributed by atoms with Crippen molar-refractivity contribution < 1.29 is 27.5 Å². The molecule has 1 N–H and O–H groups in total. The van der Waals surface area contributed by atoms with Crippen LogP contribution in [0.4, 0.5) is 5.69 Å². The van der Waals surface area contributed by atoms with Gasteiger partial charge in [0.2, 0.25) is 0 Å². The predicted octanol–water partition coefficient (Wildman–Crippen LogP) is 4.12. The molecule has 0 fully saturated rings. The van der Waals surface area contributed by atoms with Gasteiger partial charge in [0.15, 0.2) is 5.78 Å². The van der Waals surface area contributed by atoms with Crippen LogP contribution in [0.5, 0.6) is 5.75 Å². The van der Waals surface area contributed by atoms with E-state index in [2.05, 4.69) is 4.72 Å². The van der Waals surface area contributed by atoms with Crippen LogP contribution in [-0.4, -0.2) is 27.3 Å². The number of esters is 1. The van der Waals surface area contributed by atoms with E-state index < -0.39 is 16.0 Å². The zero-order valence-corrected chi connectivity index (χ0v) is 17.9. The summed E-state index contributed by atoms with van der Waals surface area (Å²) in [6.07, 6.45) is 0. The first-order chi connectivity index (χ1) is 14.3.